The summed E-state index contributed by atoms with van der Waals surface area (Å²) in [6.45, 7) is 5.97. The number of nitrogens with zero attached hydrogens (tertiary/aromatic N) is 3. The standard InChI is InChI=1S/C19H22N2O2.C11H13NO/c1-15-4-3-5-16(14-15)19(22)21-12-10-20(11-13-21)17-6-8-18(23-2)9-7-17;13-9-12(11-6-7-11)8-10-4-2-1-3-5-10/h3-9,14H,10-13H2,1-2H3;1-5,9,11H,6-8H2. The van der Waals surface area contributed by atoms with Gasteiger partial charge in [0.15, 0.2) is 0 Å². The Morgan fingerprint density at radius 1 is 0.944 bits per heavy atom. The molecule has 188 valence electrons. The van der Waals surface area contributed by atoms with Crippen molar-refractivity contribution in [1.29, 1.82) is 0 Å². The van der Waals surface area contributed by atoms with Crippen LogP contribution in [0.5, 0.6) is 5.75 Å². The van der Waals surface area contributed by atoms with Gasteiger partial charge in [-0.25, -0.2) is 0 Å². The molecule has 5 rings (SSSR count). The van der Waals surface area contributed by atoms with Crippen molar-refractivity contribution >= 4 is 18.0 Å². The minimum absolute atomic E-state index is 0.128. The molecular weight excluding hydrogens is 450 g/mol. The zero-order valence-electron chi connectivity index (χ0n) is 21.2. The average molecular weight is 486 g/mol. The molecule has 6 nitrogen and oxygen atoms in total. The van der Waals surface area contributed by atoms with E-state index in [0.717, 1.165) is 56.0 Å². The number of amides is 2. The van der Waals surface area contributed by atoms with Gasteiger partial charge in [-0.05, 0) is 61.7 Å². The van der Waals surface area contributed by atoms with E-state index in [9.17, 15) is 9.59 Å². The summed E-state index contributed by atoms with van der Waals surface area (Å²) in [7, 11) is 1.67. The molecule has 3 aromatic rings. The molecule has 1 saturated heterocycles. The minimum atomic E-state index is 0.128. The van der Waals surface area contributed by atoms with Crippen LogP contribution in [0.15, 0.2) is 78.9 Å². The van der Waals surface area contributed by atoms with Gasteiger partial charge in [0.05, 0.1) is 7.11 Å². The molecule has 2 amide bonds. The molecule has 0 radical (unpaired) electrons. The highest BCUT2D eigenvalue weighted by atomic mass is 16.5. The largest absolute Gasteiger partial charge is 0.497 e. The van der Waals surface area contributed by atoms with Crippen molar-refractivity contribution in [2.45, 2.75) is 32.4 Å². The second kappa shape index (κ2) is 12.2. The van der Waals surface area contributed by atoms with Crippen LogP contribution >= 0.6 is 0 Å². The minimum Gasteiger partial charge on any atom is -0.497 e. The lowest BCUT2D eigenvalue weighted by Gasteiger charge is -2.36. The van der Waals surface area contributed by atoms with E-state index >= 15 is 0 Å². The summed E-state index contributed by atoms with van der Waals surface area (Å²) in [4.78, 5) is 29.4. The molecule has 1 aliphatic carbocycles. The number of carbonyl (C=O) groups is 2. The normalized spacial score (nSPS) is 14.9. The summed E-state index contributed by atoms with van der Waals surface area (Å²) in [5.41, 5.74) is 4.28. The number of piperazine rings is 1. The van der Waals surface area contributed by atoms with Gasteiger partial charge in [0.25, 0.3) is 5.91 Å². The Morgan fingerprint density at radius 3 is 2.22 bits per heavy atom. The Kier molecular flexibility index (Phi) is 8.61. The molecule has 1 heterocycles. The van der Waals surface area contributed by atoms with Crippen molar-refractivity contribution in [3.05, 3.63) is 95.6 Å². The van der Waals surface area contributed by atoms with Crippen LogP contribution < -0.4 is 9.64 Å². The van der Waals surface area contributed by atoms with Gasteiger partial charge in [-0.2, -0.15) is 0 Å². The molecule has 0 bridgehead atoms. The van der Waals surface area contributed by atoms with Gasteiger partial charge in [-0.1, -0.05) is 48.0 Å². The SMILES string of the molecule is COc1ccc(N2CCN(C(=O)c3cccc(C)c3)CC2)cc1.O=CN(Cc1ccccc1)C1CC1. The quantitative estimate of drug-likeness (QED) is 0.452. The summed E-state index contributed by atoms with van der Waals surface area (Å²) < 4.78 is 5.19. The highest BCUT2D eigenvalue weighted by molar-refractivity contribution is 5.94. The van der Waals surface area contributed by atoms with Crippen LogP contribution in [-0.2, 0) is 11.3 Å². The number of carbonyl (C=O) groups excluding carboxylic acids is 2. The number of hydrogen-bond acceptors (Lipinski definition) is 4. The lowest BCUT2D eigenvalue weighted by molar-refractivity contribution is -0.119. The molecule has 2 fully saturated rings. The van der Waals surface area contributed by atoms with Gasteiger partial charge in [-0.15, -0.1) is 0 Å². The molecule has 1 aliphatic heterocycles. The number of anilines is 1. The first-order valence-electron chi connectivity index (χ1n) is 12.6. The fourth-order valence-corrected chi connectivity index (χ4v) is 4.37. The van der Waals surface area contributed by atoms with Crippen molar-refractivity contribution in [3.8, 4) is 5.75 Å². The highest BCUT2D eigenvalue weighted by Gasteiger charge is 2.27. The topological polar surface area (TPSA) is 53.1 Å². The van der Waals surface area contributed by atoms with Crippen molar-refractivity contribution < 1.29 is 14.3 Å². The number of hydrogen-bond donors (Lipinski definition) is 0. The van der Waals surface area contributed by atoms with E-state index in [4.69, 9.17) is 4.74 Å². The average Bonchev–Trinajstić information content (AvgIpc) is 3.78. The predicted octanol–water partition coefficient (Wildman–Crippen LogP) is 4.77. The molecule has 0 N–H and O–H groups in total. The summed E-state index contributed by atoms with van der Waals surface area (Å²) >= 11 is 0. The monoisotopic (exact) mass is 485 g/mol. The number of benzene rings is 3. The maximum absolute atomic E-state index is 12.6. The molecule has 1 saturated carbocycles. The van der Waals surface area contributed by atoms with Gasteiger partial charge in [-0.3, -0.25) is 9.59 Å². The molecule has 2 aliphatic rings. The maximum atomic E-state index is 12.6. The number of methoxy groups -OCH3 is 1. The summed E-state index contributed by atoms with van der Waals surface area (Å²) in [6.07, 6.45) is 3.31. The zero-order valence-corrected chi connectivity index (χ0v) is 21.2. The summed E-state index contributed by atoms with van der Waals surface area (Å²) in [6, 6.07) is 26.5. The first-order valence-corrected chi connectivity index (χ1v) is 12.6. The van der Waals surface area contributed by atoms with Gasteiger partial charge in [0.1, 0.15) is 5.75 Å². The van der Waals surface area contributed by atoms with Crippen LogP contribution in [0.25, 0.3) is 0 Å². The lowest BCUT2D eigenvalue weighted by Crippen LogP contribution is -2.48. The van der Waals surface area contributed by atoms with Crippen LogP contribution in [-0.4, -0.2) is 61.4 Å². The second-order valence-electron chi connectivity index (χ2n) is 9.34. The predicted molar refractivity (Wildman–Crippen MR) is 143 cm³/mol. The molecule has 0 unspecified atom stereocenters. The Labute approximate surface area is 214 Å². The molecule has 36 heavy (non-hydrogen) atoms. The Bertz CT molecular complexity index is 1120. The first kappa shape index (κ1) is 25.3. The van der Waals surface area contributed by atoms with E-state index in [1.807, 2.05) is 71.3 Å². The van der Waals surface area contributed by atoms with E-state index in [1.165, 1.54) is 24.1 Å². The molecule has 0 atom stereocenters. The van der Waals surface area contributed by atoms with Crippen molar-refractivity contribution in [3.63, 3.8) is 0 Å². The third kappa shape index (κ3) is 6.87. The van der Waals surface area contributed by atoms with Crippen molar-refractivity contribution in [2.75, 3.05) is 38.2 Å². The number of ether oxygens (including phenoxy) is 1. The Morgan fingerprint density at radius 2 is 1.64 bits per heavy atom. The number of rotatable bonds is 7. The van der Waals surface area contributed by atoms with E-state index in [0.29, 0.717) is 6.04 Å². The van der Waals surface area contributed by atoms with E-state index in [2.05, 4.69) is 29.2 Å². The van der Waals surface area contributed by atoms with Crippen LogP contribution in [0.4, 0.5) is 5.69 Å². The van der Waals surface area contributed by atoms with Gasteiger partial charge >= 0.3 is 0 Å². The second-order valence-corrected chi connectivity index (χ2v) is 9.34. The molecular formula is C30H35N3O3. The fourth-order valence-electron chi connectivity index (χ4n) is 4.37. The lowest BCUT2D eigenvalue weighted by atomic mass is 10.1. The fraction of sp³-hybridized carbons (Fsp3) is 0.333. The highest BCUT2D eigenvalue weighted by Crippen LogP contribution is 2.26. The molecule has 0 aromatic heterocycles. The van der Waals surface area contributed by atoms with Gasteiger partial charge in [0, 0.05) is 50.0 Å². The summed E-state index contributed by atoms with van der Waals surface area (Å²) in [5.74, 6) is 0.991. The summed E-state index contributed by atoms with van der Waals surface area (Å²) in [5, 5.41) is 0. The van der Waals surface area contributed by atoms with Crippen molar-refractivity contribution in [1.82, 2.24) is 9.80 Å². The molecule has 6 heteroatoms. The number of aryl methyl sites for hydroxylation is 1. The third-order valence-corrected chi connectivity index (χ3v) is 6.63. The smallest absolute Gasteiger partial charge is 0.253 e. The van der Waals surface area contributed by atoms with Gasteiger partial charge in [0.2, 0.25) is 6.41 Å². The Hall–Kier alpha value is -3.80. The van der Waals surface area contributed by atoms with Crippen LogP contribution in [0.3, 0.4) is 0 Å². The van der Waals surface area contributed by atoms with E-state index in [-0.39, 0.29) is 5.91 Å². The zero-order chi connectivity index (χ0) is 25.3. The first-order chi connectivity index (χ1) is 17.6. The van der Waals surface area contributed by atoms with E-state index < -0.39 is 0 Å². The Balaban J connectivity index is 0.000000197. The maximum Gasteiger partial charge on any atom is 0.253 e. The van der Waals surface area contributed by atoms with E-state index in [1.54, 1.807) is 7.11 Å². The van der Waals surface area contributed by atoms with Crippen LogP contribution in [0.1, 0.15) is 34.3 Å². The van der Waals surface area contributed by atoms with Crippen LogP contribution in [0.2, 0.25) is 0 Å². The van der Waals surface area contributed by atoms with Gasteiger partial charge < -0.3 is 19.4 Å². The van der Waals surface area contributed by atoms with Crippen LogP contribution in [0, 0.1) is 6.92 Å². The third-order valence-electron chi connectivity index (χ3n) is 6.63. The molecule has 0 spiro atoms. The van der Waals surface area contributed by atoms with Crippen molar-refractivity contribution in [2.24, 2.45) is 0 Å². The molecule has 3 aromatic carbocycles.